The summed E-state index contributed by atoms with van der Waals surface area (Å²) in [6.45, 7) is 1.31. The van der Waals surface area contributed by atoms with Crippen LogP contribution in [0.2, 0.25) is 0 Å². The summed E-state index contributed by atoms with van der Waals surface area (Å²) < 4.78 is 23.1. The standard InChI is InChI=1S/C22H26O5/c23-21-13-7-8-14-22(21,26-17-15-24-19-9-3-1-4-10-19)27-18-16-25-20-11-5-2-6-12-20/h1-6,9-12H,7-8,13-18H2. The van der Waals surface area contributed by atoms with E-state index in [2.05, 4.69) is 0 Å². The fraction of sp³-hybridized carbons (Fsp3) is 0.409. The first kappa shape index (κ1) is 19.4. The molecule has 5 nitrogen and oxygen atoms in total. The average molecular weight is 370 g/mol. The van der Waals surface area contributed by atoms with E-state index < -0.39 is 5.79 Å². The molecule has 0 bridgehead atoms. The second kappa shape index (κ2) is 10.1. The molecule has 5 heteroatoms. The number of para-hydroxylation sites is 2. The molecule has 0 N–H and O–H groups in total. The van der Waals surface area contributed by atoms with Crippen LogP contribution in [0, 0.1) is 0 Å². The minimum Gasteiger partial charge on any atom is -0.491 e. The molecule has 0 amide bonds. The molecule has 3 rings (SSSR count). The molecule has 27 heavy (non-hydrogen) atoms. The van der Waals surface area contributed by atoms with Crippen molar-refractivity contribution in [2.24, 2.45) is 0 Å². The highest BCUT2D eigenvalue weighted by atomic mass is 16.7. The quantitative estimate of drug-likeness (QED) is 0.467. The first-order valence-electron chi connectivity index (χ1n) is 9.45. The van der Waals surface area contributed by atoms with Gasteiger partial charge in [0.1, 0.15) is 24.7 Å². The van der Waals surface area contributed by atoms with Gasteiger partial charge in [-0.25, -0.2) is 0 Å². The molecule has 2 aromatic carbocycles. The van der Waals surface area contributed by atoms with Crippen molar-refractivity contribution in [2.75, 3.05) is 26.4 Å². The average Bonchev–Trinajstić information content (AvgIpc) is 2.72. The van der Waals surface area contributed by atoms with Crippen LogP contribution < -0.4 is 9.47 Å². The Kier molecular flexibility index (Phi) is 7.25. The molecule has 0 unspecified atom stereocenters. The second-order valence-corrected chi connectivity index (χ2v) is 6.40. The van der Waals surface area contributed by atoms with Gasteiger partial charge in [0, 0.05) is 12.8 Å². The van der Waals surface area contributed by atoms with Gasteiger partial charge in [0.25, 0.3) is 0 Å². The highest BCUT2D eigenvalue weighted by Crippen LogP contribution is 2.30. The number of hydrogen-bond donors (Lipinski definition) is 0. The molecule has 1 aliphatic rings. The number of hydrogen-bond acceptors (Lipinski definition) is 5. The van der Waals surface area contributed by atoms with E-state index in [1.165, 1.54) is 0 Å². The smallest absolute Gasteiger partial charge is 0.229 e. The van der Waals surface area contributed by atoms with Crippen LogP contribution in [0.1, 0.15) is 25.7 Å². The van der Waals surface area contributed by atoms with Gasteiger partial charge in [-0.1, -0.05) is 36.4 Å². The van der Waals surface area contributed by atoms with E-state index in [-0.39, 0.29) is 5.78 Å². The van der Waals surface area contributed by atoms with Crippen molar-refractivity contribution in [1.82, 2.24) is 0 Å². The SMILES string of the molecule is O=C1CCCCC1(OCCOc1ccccc1)OCCOc1ccccc1. The zero-order chi connectivity index (χ0) is 18.8. The number of carbonyl (C=O) groups excluding carboxylic acids is 1. The maximum absolute atomic E-state index is 12.5. The van der Waals surface area contributed by atoms with Gasteiger partial charge in [-0.05, 0) is 37.1 Å². The van der Waals surface area contributed by atoms with Crippen LogP contribution in [0.4, 0.5) is 0 Å². The number of rotatable bonds is 10. The fourth-order valence-corrected chi connectivity index (χ4v) is 3.09. The van der Waals surface area contributed by atoms with Crippen LogP contribution in [0.25, 0.3) is 0 Å². The van der Waals surface area contributed by atoms with Crippen LogP contribution in [-0.4, -0.2) is 38.0 Å². The molecule has 0 aliphatic heterocycles. The lowest BCUT2D eigenvalue weighted by molar-refractivity contribution is -0.240. The summed E-state index contributed by atoms with van der Waals surface area (Å²) in [6.07, 6.45) is 2.85. The van der Waals surface area contributed by atoms with Gasteiger partial charge in [-0.3, -0.25) is 4.79 Å². The Balaban J connectivity index is 1.46. The van der Waals surface area contributed by atoms with Gasteiger partial charge in [0.2, 0.25) is 5.79 Å². The molecular weight excluding hydrogens is 344 g/mol. The minimum absolute atomic E-state index is 0.00757. The predicted octanol–water partition coefficient (Wildman–Crippen LogP) is 4.02. The van der Waals surface area contributed by atoms with E-state index >= 15 is 0 Å². The van der Waals surface area contributed by atoms with E-state index in [4.69, 9.17) is 18.9 Å². The van der Waals surface area contributed by atoms with Gasteiger partial charge in [0.15, 0.2) is 5.78 Å². The van der Waals surface area contributed by atoms with Crippen molar-refractivity contribution in [2.45, 2.75) is 31.5 Å². The molecule has 1 aliphatic carbocycles. The van der Waals surface area contributed by atoms with Gasteiger partial charge >= 0.3 is 0 Å². The molecule has 0 radical (unpaired) electrons. The van der Waals surface area contributed by atoms with Gasteiger partial charge in [-0.15, -0.1) is 0 Å². The van der Waals surface area contributed by atoms with Crippen molar-refractivity contribution in [3.63, 3.8) is 0 Å². The first-order chi connectivity index (χ1) is 13.3. The van der Waals surface area contributed by atoms with Crippen molar-refractivity contribution in [3.05, 3.63) is 60.7 Å². The predicted molar refractivity (Wildman–Crippen MR) is 102 cm³/mol. The lowest BCUT2D eigenvalue weighted by atomic mass is 9.92. The Labute approximate surface area is 160 Å². The molecule has 0 atom stereocenters. The van der Waals surface area contributed by atoms with Gasteiger partial charge in [0.05, 0.1) is 13.2 Å². The van der Waals surface area contributed by atoms with E-state index in [0.29, 0.717) is 39.3 Å². The summed E-state index contributed by atoms with van der Waals surface area (Å²) in [5, 5.41) is 0. The van der Waals surface area contributed by atoms with E-state index in [1.54, 1.807) is 0 Å². The normalized spacial score (nSPS) is 16.1. The molecule has 1 saturated carbocycles. The number of carbonyl (C=O) groups is 1. The lowest BCUT2D eigenvalue weighted by Gasteiger charge is -2.35. The topological polar surface area (TPSA) is 54.0 Å². The molecular formula is C22H26O5. The third-order valence-electron chi connectivity index (χ3n) is 4.45. The molecule has 0 saturated heterocycles. The van der Waals surface area contributed by atoms with Crippen LogP contribution >= 0.6 is 0 Å². The highest BCUT2D eigenvalue weighted by Gasteiger charge is 2.42. The van der Waals surface area contributed by atoms with Gasteiger partial charge < -0.3 is 18.9 Å². The maximum atomic E-state index is 12.5. The molecule has 2 aromatic rings. The summed E-state index contributed by atoms with van der Waals surface area (Å²) in [5.41, 5.74) is 0. The van der Waals surface area contributed by atoms with Gasteiger partial charge in [-0.2, -0.15) is 0 Å². The Morgan fingerprint density at radius 3 is 1.70 bits per heavy atom. The summed E-state index contributed by atoms with van der Waals surface area (Å²) in [4.78, 5) is 12.5. The van der Waals surface area contributed by atoms with Crippen molar-refractivity contribution >= 4 is 5.78 Å². The first-order valence-corrected chi connectivity index (χ1v) is 9.45. The maximum Gasteiger partial charge on any atom is 0.229 e. The highest BCUT2D eigenvalue weighted by molar-refractivity contribution is 5.86. The number of benzene rings is 2. The second-order valence-electron chi connectivity index (χ2n) is 6.40. The largest absolute Gasteiger partial charge is 0.491 e. The van der Waals surface area contributed by atoms with E-state index in [1.807, 2.05) is 60.7 Å². The molecule has 0 heterocycles. The minimum atomic E-state index is -1.17. The molecule has 144 valence electrons. The molecule has 1 fully saturated rings. The molecule has 0 spiro atoms. The molecule has 0 aromatic heterocycles. The third kappa shape index (κ3) is 5.81. The zero-order valence-corrected chi connectivity index (χ0v) is 15.5. The van der Waals surface area contributed by atoms with Crippen LogP contribution in [0.15, 0.2) is 60.7 Å². The summed E-state index contributed by atoms with van der Waals surface area (Å²) >= 11 is 0. The zero-order valence-electron chi connectivity index (χ0n) is 15.5. The number of Topliss-reactive ketones (excluding diaryl/α,β-unsaturated/α-hetero) is 1. The Morgan fingerprint density at radius 2 is 1.22 bits per heavy atom. The van der Waals surface area contributed by atoms with Crippen molar-refractivity contribution in [1.29, 1.82) is 0 Å². The third-order valence-corrected chi connectivity index (χ3v) is 4.45. The number of ketones is 1. The van der Waals surface area contributed by atoms with Crippen molar-refractivity contribution < 1.29 is 23.7 Å². The Morgan fingerprint density at radius 1 is 0.704 bits per heavy atom. The van der Waals surface area contributed by atoms with Crippen molar-refractivity contribution in [3.8, 4) is 11.5 Å². The van der Waals surface area contributed by atoms with Crippen LogP contribution in [-0.2, 0) is 14.3 Å². The van der Waals surface area contributed by atoms with E-state index in [9.17, 15) is 4.79 Å². The monoisotopic (exact) mass is 370 g/mol. The Hall–Kier alpha value is -2.37. The number of ether oxygens (including phenoxy) is 4. The summed E-state index contributed by atoms with van der Waals surface area (Å²) in [6, 6.07) is 19.1. The van der Waals surface area contributed by atoms with Crippen LogP contribution in [0.5, 0.6) is 11.5 Å². The lowest BCUT2D eigenvalue weighted by Crippen LogP contribution is -2.48. The van der Waals surface area contributed by atoms with E-state index in [0.717, 1.165) is 24.3 Å². The summed E-state index contributed by atoms with van der Waals surface area (Å²) in [5.74, 6) is 0.399. The summed E-state index contributed by atoms with van der Waals surface area (Å²) in [7, 11) is 0. The fourth-order valence-electron chi connectivity index (χ4n) is 3.09. The van der Waals surface area contributed by atoms with Crippen LogP contribution in [0.3, 0.4) is 0 Å². The Bertz CT molecular complexity index is 639.